The maximum atomic E-state index is 12.8. The number of carboxylic acid groups (broad SMARTS) is 1. The van der Waals surface area contributed by atoms with Gasteiger partial charge < -0.3 is 15.7 Å². The van der Waals surface area contributed by atoms with Gasteiger partial charge in [-0.15, -0.1) is 11.8 Å². The fraction of sp³-hybridized carbons (Fsp3) is 0.471. The molecule has 0 saturated heterocycles. The molecule has 1 unspecified atom stereocenters. The Morgan fingerprint density at radius 2 is 1.92 bits per heavy atom. The molecule has 2 rings (SSSR count). The molecular formula is C17H21FN2O4S. The van der Waals surface area contributed by atoms with E-state index in [0.717, 1.165) is 18.2 Å². The third-order valence-electron chi connectivity index (χ3n) is 4.15. The van der Waals surface area contributed by atoms with Crippen molar-refractivity contribution in [3.63, 3.8) is 0 Å². The van der Waals surface area contributed by atoms with Gasteiger partial charge in [-0.3, -0.25) is 14.4 Å². The van der Waals surface area contributed by atoms with E-state index in [1.54, 1.807) is 6.92 Å². The van der Waals surface area contributed by atoms with Crippen molar-refractivity contribution >= 4 is 35.2 Å². The summed E-state index contributed by atoms with van der Waals surface area (Å²) in [6, 6.07) is 5.42. The lowest BCUT2D eigenvalue weighted by Crippen LogP contribution is -2.56. The number of nitrogens with one attached hydrogen (secondary N) is 2. The van der Waals surface area contributed by atoms with E-state index in [0.29, 0.717) is 18.5 Å². The van der Waals surface area contributed by atoms with Crippen LogP contribution >= 0.6 is 11.8 Å². The molecule has 2 amide bonds. The summed E-state index contributed by atoms with van der Waals surface area (Å²) >= 11 is 1.16. The summed E-state index contributed by atoms with van der Waals surface area (Å²) in [5.74, 6) is -1.80. The summed E-state index contributed by atoms with van der Waals surface area (Å²) in [6.07, 6.45) is 2.14. The Labute approximate surface area is 149 Å². The molecule has 1 aliphatic rings. The highest BCUT2D eigenvalue weighted by molar-refractivity contribution is 8.01. The van der Waals surface area contributed by atoms with Crippen LogP contribution in [0.5, 0.6) is 0 Å². The van der Waals surface area contributed by atoms with Gasteiger partial charge >= 0.3 is 5.97 Å². The Hall–Kier alpha value is -2.09. The van der Waals surface area contributed by atoms with Crippen molar-refractivity contribution in [2.24, 2.45) is 0 Å². The van der Waals surface area contributed by atoms with E-state index in [2.05, 4.69) is 10.6 Å². The number of hydrogen-bond donors (Lipinski definition) is 3. The Morgan fingerprint density at radius 3 is 2.44 bits per heavy atom. The predicted octanol–water partition coefficient (Wildman–Crippen LogP) is 2.40. The molecule has 1 fully saturated rings. The molecule has 0 spiro atoms. The molecule has 0 heterocycles. The molecule has 1 saturated carbocycles. The van der Waals surface area contributed by atoms with Gasteiger partial charge in [0.05, 0.1) is 23.0 Å². The fourth-order valence-corrected chi connectivity index (χ4v) is 3.29. The largest absolute Gasteiger partial charge is 0.481 e. The molecule has 0 aliphatic heterocycles. The molecule has 1 aromatic carbocycles. The highest BCUT2D eigenvalue weighted by Gasteiger charge is 2.41. The number of hydrogen-bond acceptors (Lipinski definition) is 4. The number of benzene rings is 1. The fourth-order valence-electron chi connectivity index (χ4n) is 2.61. The number of amides is 2. The van der Waals surface area contributed by atoms with E-state index in [1.165, 1.54) is 24.3 Å². The second-order valence-corrected chi connectivity index (χ2v) is 7.53. The molecule has 136 valence electrons. The van der Waals surface area contributed by atoms with Crippen molar-refractivity contribution in [1.82, 2.24) is 5.32 Å². The third kappa shape index (κ3) is 5.74. The number of carbonyl (C=O) groups is 3. The first-order valence-electron chi connectivity index (χ1n) is 8.00. The van der Waals surface area contributed by atoms with Crippen LogP contribution in [0.2, 0.25) is 0 Å². The highest BCUT2D eigenvalue weighted by atomic mass is 32.2. The maximum absolute atomic E-state index is 12.8. The Kier molecular flexibility index (Phi) is 6.41. The SMILES string of the molecule is CC(SCC(=O)Nc1ccc(F)cc1)C(=O)NC1(CC(=O)O)CCC1. The number of carboxylic acids is 1. The minimum absolute atomic E-state index is 0.0674. The third-order valence-corrected chi connectivity index (χ3v) is 5.29. The first-order chi connectivity index (χ1) is 11.8. The average molecular weight is 368 g/mol. The summed E-state index contributed by atoms with van der Waals surface area (Å²) < 4.78 is 12.8. The lowest BCUT2D eigenvalue weighted by Gasteiger charge is -2.42. The quantitative estimate of drug-likeness (QED) is 0.655. The van der Waals surface area contributed by atoms with Gasteiger partial charge in [0.15, 0.2) is 0 Å². The van der Waals surface area contributed by atoms with Crippen molar-refractivity contribution < 1.29 is 23.9 Å². The van der Waals surface area contributed by atoms with Crippen molar-refractivity contribution in [3.8, 4) is 0 Å². The summed E-state index contributed by atoms with van der Waals surface area (Å²) in [6.45, 7) is 1.68. The zero-order chi connectivity index (χ0) is 18.4. The minimum atomic E-state index is -0.931. The van der Waals surface area contributed by atoms with Crippen LogP contribution in [0.25, 0.3) is 0 Å². The predicted molar refractivity (Wildman–Crippen MR) is 93.9 cm³/mol. The van der Waals surface area contributed by atoms with Gasteiger partial charge in [-0.25, -0.2) is 4.39 Å². The average Bonchev–Trinajstić information content (AvgIpc) is 2.52. The molecule has 1 aromatic rings. The van der Waals surface area contributed by atoms with Crippen LogP contribution in [0.4, 0.5) is 10.1 Å². The number of thioether (sulfide) groups is 1. The summed E-state index contributed by atoms with van der Waals surface area (Å²) in [4.78, 5) is 35.1. The van der Waals surface area contributed by atoms with E-state index in [4.69, 9.17) is 5.11 Å². The number of carbonyl (C=O) groups excluding carboxylic acids is 2. The second-order valence-electron chi connectivity index (χ2n) is 6.20. The van der Waals surface area contributed by atoms with Crippen LogP contribution in [-0.2, 0) is 14.4 Å². The van der Waals surface area contributed by atoms with Crippen LogP contribution in [-0.4, -0.2) is 39.4 Å². The monoisotopic (exact) mass is 368 g/mol. The molecule has 6 nitrogen and oxygen atoms in total. The van der Waals surface area contributed by atoms with E-state index in [1.807, 2.05) is 0 Å². The second kappa shape index (κ2) is 8.33. The van der Waals surface area contributed by atoms with Gasteiger partial charge in [0.2, 0.25) is 11.8 Å². The normalized spacial score (nSPS) is 16.4. The van der Waals surface area contributed by atoms with Crippen molar-refractivity contribution in [1.29, 1.82) is 0 Å². The zero-order valence-corrected chi connectivity index (χ0v) is 14.7. The smallest absolute Gasteiger partial charge is 0.305 e. The topological polar surface area (TPSA) is 95.5 Å². The summed E-state index contributed by atoms with van der Waals surface area (Å²) in [5.41, 5.74) is -0.160. The molecule has 1 atom stereocenters. The summed E-state index contributed by atoms with van der Waals surface area (Å²) in [7, 11) is 0. The Balaban J connectivity index is 1.77. The van der Waals surface area contributed by atoms with Crippen LogP contribution in [0.3, 0.4) is 0 Å². The lowest BCUT2D eigenvalue weighted by molar-refractivity contribution is -0.140. The lowest BCUT2D eigenvalue weighted by atomic mass is 9.74. The zero-order valence-electron chi connectivity index (χ0n) is 13.9. The number of halogens is 1. The molecule has 0 aromatic heterocycles. The standard InChI is InChI=1S/C17H21FN2O4S/c1-11(16(24)20-17(7-2-8-17)9-15(22)23)25-10-14(21)19-13-5-3-12(18)4-6-13/h3-6,11H,2,7-10H2,1H3,(H,19,21)(H,20,24)(H,22,23). The molecule has 0 radical (unpaired) electrons. The van der Waals surface area contributed by atoms with Gasteiger partial charge in [0.25, 0.3) is 0 Å². The Morgan fingerprint density at radius 1 is 1.28 bits per heavy atom. The number of rotatable bonds is 8. The summed E-state index contributed by atoms with van der Waals surface area (Å²) in [5, 5.41) is 13.9. The van der Waals surface area contributed by atoms with Crippen molar-refractivity contribution in [2.75, 3.05) is 11.1 Å². The first-order valence-corrected chi connectivity index (χ1v) is 9.05. The van der Waals surface area contributed by atoms with Crippen LogP contribution in [0.15, 0.2) is 24.3 Å². The molecule has 1 aliphatic carbocycles. The van der Waals surface area contributed by atoms with E-state index < -0.39 is 16.8 Å². The van der Waals surface area contributed by atoms with E-state index >= 15 is 0 Å². The highest BCUT2D eigenvalue weighted by Crippen LogP contribution is 2.35. The van der Waals surface area contributed by atoms with Crippen LogP contribution in [0, 0.1) is 5.82 Å². The molecule has 25 heavy (non-hydrogen) atoms. The Bertz CT molecular complexity index is 647. The van der Waals surface area contributed by atoms with Crippen molar-refractivity contribution in [2.45, 2.75) is 43.4 Å². The molecule has 8 heteroatoms. The number of anilines is 1. The van der Waals surface area contributed by atoms with Gasteiger partial charge in [-0.1, -0.05) is 0 Å². The van der Waals surface area contributed by atoms with Crippen LogP contribution in [0.1, 0.15) is 32.6 Å². The van der Waals surface area contributed by atoms with Crippen molar-refractivity contribution in [3.05, 3.63) is 30.1 Å². The molecular weight excluding hydrogens is 347 g/mol. The van der Waals surface area contributed by atoms with Gasteiger partial charge in [0, 0.05) is 5.69 Å². The first kappa shape index (κ1) is 19.2. The van der Waals surface area contributed by atoms with E-state index in [9.17, 15) is 18.8 Å². The minimum Gasteiger partial charge on any atom is -0.481 e. The van der Waals surface area contributed by atoms with Gasteiger partial charge in [-0.2, -0.15) is 0 Å². The van der Waals surface area contributed by atoms with E-state index in [-0.39, 0.29) is 29.8 Å². The van der Waals surface area contributed by atoms with Gasteiger partial charge in [0.1, 0.15) is 5.82 Å². The maximum Gasteiger partial charge on any atom is 0.305 e. The van der Waals surface area contributed by atoms with Crippen LogP contribution < -0.4 is 10.6 Å². The molecule has 3 N–H and O–H groups in total. The van der Waals surface area contributed by atoms with Gasteiger partial charge in [-0.05, 0) is 50.5 Å². The molecule has 0 bridgehead atoms. The number of aliphatic carboxylic acids is 1.